The van der Waals surface area contributed by atoms with Gasteiger partial charge in [-0.3, -0.25) is 4.98 Å². The summed E-state index contributed by atoms with van der Waals surface area (Å²) in [5.74, 6) is 0. The number of aromatic nitrogens is 3. The van der Waals surface area contributed by atoms with Gasteiger partial charge in [-0.1, -0.05) is 109 Å². The summed E-state index contributed by atoms with van der Waals surface area (Å²) in [5, 5.41) is 10.5. The van der Waals surface area contributed by atoms with Crippen LogP contribution in [0.2, 0.25) is 0 Å². The molecule has 9 aromatic rings. The molecule has 0 bridgehead atoms. The van der Waals surface area contributed by atoms with E-state index in [1.54, 1.807) is 0 Å². The molecule has 0 amide bonds. The van der Waals surface area contributed by atoms with Gasteiger partial charge in [-0.15, -0.1) is 0 Å². The molecule has 6 aromatic carbocycles. The molecule has 0 radical (unpaired) electrons. The lowest BCUT2D eigenvalue weighted by molar-refractivity contribution is 1.30. The lowest BCUT2D eigenvalue weighted by Crippen LogP contribution is -2.05. The van der Waals surface area contributed by atoms with Crippen molar-refractivity contribution in [2.45, 2.75) is 0 Å². The van der Waals surface area contributed by atoms with Crippen molar-refractivity contribution < 1.29 is 0 Å². The molecule has 1 aliphatic rings. The van der Waals surface area contributed by atoms with E-state index in [1.165, 1.54) is 27.5 Å². The molecule has 0 saturated heterocycles. The summed E-state index contributed by atoms with van der Waals surface area (Å²) in [7, 11) is 0. The van der Waals surface area contributed by atoms with Gasteiger partial charge in [0.25, 0.3) is 0 Å². The Hall–Kier alpha value is -6.65. The second-order valence-corrected chi connectivity index (χ2v) is 12.9. The Bertz CT molecular complexity index is 2820. The van der Waals surface area contributed by atoms with Gasteiger partial charge < -0.3 is 5.32 Å². The number of fused-ring (bicyclic) bond motifs is 6. The standard InChI is InChI=1S/C46H30N4/c1-2-8-38-37(7-1)39(19-20-40(38)44-22-16-31-13-12-30-6-5-25-48-45(30)46(31)50-44)43-23-18-35-26-33(17-21-42(35)49-43)32-14-10-29-11-15-34(28-36(29)27-32)41-9-3-4-24-47-41/h1-24,26-28,48H,25H2. The van der Waals surface area contributed by atoms with Gasteiger partial charge in [0.2, 0.25) is 0 Å². The summed E-state index contributed by atoms with van der Waals surface area (Å²) in [5.41, 5.74) is 12.8. The fourth-order valence-corrected chi connectivity index (χ4v) is 7.35. The predicted octanol–water partition coefficient (Wildman–Crippen LogP) is 11.6. The second-order valence-electron chi connectivity index (χ2n) is 12.9. The van der Waals surface area contributed by atoms with Gasteiger partial charge in [0.05, 0.1) is 33.8 Å². The first-order valence-electron chi connectivity index (χ1n) is 17.0. The zero-order valence-electron chi connectivity index (χ0n) is 27.1. The van der Waals surface area contributed by atoms with Gasteiger partial charge in [0, 0.05) is 40.2 Å². The normalized spacial score (nSPS) is 12.4. The molecule has 0 fully saturated rings. The van der Waals surface area contributed by atoms with Crippen molar-refractivity contribution in [3.05, 3.63) is 163 Å². The van der Waals surface area contributed by atoms with Gasteiger partial charge in [-0.05, 0) is 86.8 Å². The van der Waals surface area contributed by atoms with Gasteiger partial charge >= 0.3 is 0 Å². The van der Waals surface area contributed by atoms with E-state index in [2.05, 4.69) is 156 Å². The number of hydrogen-bond acceptors (Lipinski definition) is 4. The maximum atomic E-state index is 5.21. The molecule has 1 N–H and O–H groups in total. The molecular formula is C46H30N4. The highest BCUT2D eigenvalue weighted by Crippen LogP contribution is 2.38. The van der Waals surface area contributed by atoms with Gasteiger partial charge in [-0.25, -0.2) is 9.97 Å². The smallest absolute Gasteiger partial charge is 0.0947 e. The quantitative estimate of drug-likeness (QED) is 0.208. The SMILES string of the molecule is C1=Cc2ccc3ccc(-c4ccc(-c5ccc6cc(-c7ccc8ccc(-c9ccccn9)cc8c7)ccc6n5)c5ccccc45)nc3c2NC1. The van der Waals surface area contributed by atoms with Crippen molar-refractivity contribution >= 4 is 55.1 Å². The number of nitrogens with one attached hydrogen (secondary N) is 1. The lowest BCUT2D eigenvalue weighted by Gasteiger charge is -2.16. The minimum atomic E-state index is 0.813. The van der Waals surface area contributed by atoms with E-state index in [-0.39, 0.29) is 0 Å². The average molecular weight is 639 g/mol. The molecule has 234 valence electrons. The number of rotatable bonds is 4. The van der Waals surface area contributed by atoms with E-state index in [9.17, 15) is 0 Å². The first-order chi connectivity index (χ1) is 24.7. The predicted molar refractivity (Wildman–Crippen MR) is 209 cm³/mol. The molecular weight excluding hydrogens is 609 g/mol. The summed E-state index contributed by atoms with van der Waals surface area (Å²) < 4.78 is 0. The van der Waals surface area contributed by atoms with Crippen LogP contribution in [0.15, 0.2) is 158 Å². The van der Waals surface area contributed by atoms with Gasteiger partial charge in [-0.2, -0.15) is 0 Å². The van der Waals surface area contributed by atoms with Crippen LogP contribution in [0.4, 0.5) is 5.69 Å². The second kappa shape index (κ2) is 11.5. The summed E-state index contributed by atoms with van der Waals surface area (Å²) in [6.45, 7) is 0.813. The van der Waals surface area contributed by atoms with Crippen molar-refractivity contribution in [3.8, 4) is 44.9 Å². The average Bonchev–Trinajstić information content (AvgIpc) is 3.19. The molecule has 50 heavy (non-hydrogen) atoms. The van der Waals surface area contributed by atoms with E-state index in [4.69, 9.17) is 9.97 Å². The molecule has 4 heterocycles. The van der Waals surface area contributed by atoms with E-state index in [0.29, 0.717) is 0 Å². The molecule has 0 atom stereocenters. The molecule has 0 saturated carbocycles. The Morgan fingerprint density at radius 1 is 0.480 bits per heavy atom. The van der Waals surface area contributed by atoms with Crippen molar-refractivity contribution in [2.24, 2.45) is 0 Å². The summed E-state index contributed by atoms with van der Waals surface area (Å²) in [6, 6.07) is 51.7. The third kappa shape index (κ3) is 4.81. The maximum Gasteiger partial charge on any atom is 0.0947 e. The van der Waals surface area contributed by atoms with Crippen LogP contribution in [0.5, 0.6) is 0 Å². The fourth-order valence-electron chi connectivity index (χ4n) is 7.35. The molecule has 4 nitrogen and oxygen atoms in total. The number of anilines is 1. The van der Waals surface area contributed by atoms with E-state index in [0.717, 1.165) is 78.6 Å². The van der Waals surface area contributed by atoms with Crippen molar-refractivity contribution in [2.75, 3.05) is 11.9 Å². The molecule has 0 unspecified atom stereocenters. The highest BCUT2D eigenvalue weighted by Gasteiger charge is 2.15. The molecule has 1 aliphatic heterocycles. The minimum Gasteiger partial charge on any atom is -0.379 e. The van der Waals surface area contributed by atoms with Crippen molar-refractivity contribution in [3.63, 3.8) is 0 Å². The first-order valence-corrected chi connectivity index (χ1v) is 17.0. The van der Waals surface area contributed by atoms with Crippen LogP contribution in [0, 0.1) is 0 Å². The van der Waals surface area contributed by atoms with Crippen LogP contribution in [0.25, 0.3) is 94.3 Å². The Labute approximate surface area is 289 Å². The minimum absolute atomic E-state index is 0.813. The Balaban J connectivity index is 1.02. The third-order valence-corrected chi connectivity index (χ3v) is 9.89. The molecule has 3 aromatic heterocycles. The molecule has 10 rings (SSSR count). The van der Waals surface area contributed by atoms with Crippen LogP contribution in [-0.2, 0) is 0 Å². The number of benzene rings is 6. The van der Waals surface area contributed by atoms with E-state index in [1.807, 2.05) is 18.3 Å². The third-order valence-electron chi connectivity index (χ3n) is 9.89. The topological polar surface area (TPSA) is 50.7 Å². The Morgan fingerprint density at radius 2 is 1.14 bits per heavy atom. The summed E-state index contributed by atoms with van der Waals surface area (Å²) in [6.07, 6.45) is 6.16. The van der Waals surface area contributed by atoms with Crippen molar-refractivity contribution in [1.82, 2.24) is 15.0 Å². The monoisotopic (exact) mass is 638 g/mol. The zero-order valence-corrected chi connectivity index (χ0v) is 27.1. The Kier molecular flexibility index (Phi) is 6.53. The van der Waals surface area contributed by atoms with Gasteiger partial charge in [0.15, 0.2) is 0 Å². The van der Waals surface area contributed by atoms with Crippen LogP contribution in [-0.4, -0.2) is 21.5 Å². The van der Waals surface area contributed by atoms with Crippen LogP contribution in [0.3, 0.4) is 0 Å². The molecule has 4 heteroatoms. The fraction of sp³-hybridized carbons (Fsp3) is 0.0217. The van der Waals surface area contributed by atoms with Gasteiger partial charge in [0.1, 0.15) is 0 Å². The highest BCUT2D eigenvalue weighted by atomic mass is 14.9. The maximum absolute atomic E-state index is 5.21. The summed E-state index contributed by atoms with van der Waals surface area (Å²) in [4.78, 5) is 14.9. The number of hydrogen-bond donors (Lipinski definition) is 1. The molecule has 0 spiro atoms. The number of pyridine rings is 3. The molecule has 0 aliphatic carbocycles. The van der Waals surface area contributed by atoms with Crippen molar-refractivity contribution in [1.29, 1.82) is 0 Å². The summed E-state index contributed by atoms with van der Waals surface area (Å²) >= 11 is 0. The first kappa shape index (κ1) is 28.4. The van der Waals surface area contributed by atoms with E-state index < -0.39 is 0 Å². The van der Waals surface area contributed by atoms with Crippen LogP contribution < -0.4 is 5.32 Å². The Morgan fingerprint density at radius 3 is 1.94 bits per heavy atom. The largest absolute Gasteiger partial charge is 0.379 e. The highest BCUT2D eigenvalue weighted by molar-refractivity contribution is 6.06. The number of nitrogens with zero attached hydrogens (tertiary/aromatic N) is 3. The van der Waals surface area contributed by atoms with Crippen LogP contribution >= 0.6 is 0 Å². The van der Waals surface area contributed by atoms with Crippen LogP contribution in [0.1, 0.15) is 5.56 Å². The zero-order chi connectivity index (χ0) is 33.0. The lowest BCUT2D eigenvalue weighted by atomic mass is 9.94. The van der Waals surface area contributed by atoms with E-state index >= 15 is 0 Å².